The van der Waals surface area contributed by atoms with Crippen molar-refractivity contribution in [1.82, 2.24) is 0 Å². The van der Waals surface area contributed by atoms with E-state index in [4.69, 9.17) is 0 Å². The summed E-state index contributed by atoms with van der Waals surface area (Å²) in [6.45, 7) is 9.46. The lowest BCUT2D eigenvalue weighted by molar-refractivity contribution is 0.685. The largest absolute Gasteiger partial charge is 0.385 e. The van der Waals surface area contributed by atoms with E-state index in [0.717, 1.165) is 6.54 Å². The lowest BCUT2D eigenvalue weighted by Crippen LogP contribution is -2.00. The lowest BCUT2D eigenvalue weighted by Gasteiger charge is -2.05. The third-order valence-corrected chi connectivity index (χ3v) is 2.41. The molecule has 1 rings (SSSR count). The minimum atomic E-state index is 1.10. The second kappa shape index (κ2) is 10.5. The fraction of sp³-hybridized carbons (Fsp3) is 0.600. The van der Waals surface area contributed by atoms with E-state index in [1.807, 2.05) is 13.8 Å². The molecule has 1 aromatic carbocycles. The number of anilines is 1. The SMILES string of the molecule is CC.CCCCCCNc1ccc(C)cc1. The minimum absolute atomic E-state index is 1.10. The summed E-state index contributed by atoms with van der Waals surface area (Å²) in [4.78, 5) is 0. The molecule has 0 aliphatic carbocycles. The van der Waals surface area contributed by atoms with Crippen LogP contribution in [-0.4, -0.2) is 6.54 Å². The molecule has 0 heterocycles. The number of nitrogens with one attached hydrogen (secondary N) is 1. The van der Waals surface area contributed by atoms with Crippen LogP contribution in [0.25, 0.3) is 0 Å². The summed E-state index contributed by atoms with van der Waals surface area (Å²) in [5.74, 6) is 0. The first kappa shape index (κ1) is 15.0. The molecule has 0 radical (unpaired) electrons. The summed E-state index contributed by atoms with van der Waals surface area (Å²) < 4.78 is 0. The number of unbranched alkanes of at least 4 members (excludes halogenated alkanes) is 3. The molecule has 0 saturated heterocycles. The van der Waals surface area contributed by atoms with Gasteiger partial charge in [0.1, 0.15) is 0 Å². The van der Waals surface area contributed by atoms with E-state index < -0.39 is 0 Å². The van der Waals surface area contributed by atoms with E-state index in [0.29, 0.717) is 0 Å². The maximum absolute atomic E-state index is 3.43. The highest BCUT2D eigenvalue weighted by atomic mass is 14.9. The molecule has 92 valence electrons. The number of hydrogen-bond acceptors (Lipinski definition) is 1. The summed E-state index contributed by atoms with van der Waals surface area (Å²) in [5, 5.41) is 3.43. The van der Waals surface area contributed by atoms with Gasteiger partial charge in [-0.3, -0.25) is 0 Å². The Morgan fingerprint density at radius 3 is 2.12 bits per heavy atom. The zero-order valence-corrected chi connectivity index (χ0v) is 11.3. The van der Waals surface area contributed by atoms with Gasteiger partial charge in [0.15, 0.2) is 0 Å². The molecule has 0 atom stereocenters. The van der Waals surface area contributed by atoms with Crippen molar-refractivity contribution in [3.8, 4) is 0 Å². The van der Waals surface area contributed by atoms with Crippen molar-refractivity contribution in [3.63, 3.8) is 0 Å². The smallest absolute Gasteiger partial charge is 0.0340 e. The molecule has 0 aromatic heterocycles. The fourth-order valence-electron chi connectivity index (χ4n) is 1.46. The van der Waals surface area contributed by atoms with E-state index in [9.17, 15) is 0 Å². The molecule has 1 aromatic rings. The van der Waals surface area contributed by atoms with Gasteiger partial charge in [0.05, 0.1) is 0 Å². The predicted molar refractivity (Wildman–Crippen MR) is 75.2 cm³/mol. The van der Waals surface area contributed by atoms with Crippen LogP contribution < -0.4 is 5.32 Å². The van der Waals surface area contributed by atoms with Crippen LogP contribution in [0.1, 0.15) is 52.0 Å². The van der Waals surface area contributed by atoms with Crippen molar-refractivity contribution in [2.24, 2.45) is 0 Å². The molecule has 16 heavy (non-hydrogen) atoms. The third kappa shape index (κ3) is 7.33. The summed E-state index contributed by atoms with van der Waals surface area (Å²) in [6, 6.07) is 8.59. The Morgan fingerprint density at radius 2 is 1.56 bits per heavy atom. The number of benzene rings is 1. The minimum Gasteiger partial charge on any atom is -0.385 e. The molecule has 0 fully saturated rings. The van der Waals surface area contributed by atoms with Crippen molar-refractivity contribution < 1.29 is 0 Å². The fourth-order valence-corrected chi connectivity index (χ4v) is 1.46. The van der Waals surface area contributed by atoms with E-state index in [2.05, 4.69) is 43.4 Å². The lowest BCUT2D eigenvalue weighted by atomic mass is 10.2. The average Bonchev–Trinajstić information content (AvgIpc) is 2.34. The number of rotatable bonds is 6. The highest BCUT2D eigenvalue weighted by Crippen LogP contribution is 2.09. The first-order chi connectivity index (χ1) is 7.83. The van der Waals surface area contributed by atoms with E-state index in [1.54, 1.807) is 0 Å². The standard InChI is InChI=1S/C13H21N.C2H6/c1-3-4-5-6-11-14-13-9-7-12(2)8-10-13;1-2/h7-10,14H,3-6,11H2,1-2H3;1-2H3. The van der Waals surface area contributed by atoms with Crippen LogP contribution >= 0.6 is 0 Å². The zero-order chi connectivity index (χ0) is 12.2. The van der Waals surface area contributed by atoms with Crippen LogP contribution in [-0.2, 0) is 0 Å². The summed E-state index contributed by atoms with van der Waals surface area (Å²) >= 11 is 0. The molecule has 0 aliphatic rings. The molecule has 0 bridgehead atoms. The summed E-state index contributed by atoms with van der Waals surface area (Å²) in [7, 11) is 0. The monoisotopic (exact) mass is 221 g/mol. The quantitative estimate of drug-likeness (QED) is 0.666. The van der Waals surface area contributed by atoms with Crippen molar-refractivity contribution in [2.75, 3.05) is 11.9 Å². The van der Waals surface area contributed by atoms with Crippen molar-refractivity contribution >= 4 is 5.69 Å². The van der Waals surface area contributed by atoms with Gasteiger partial charge in [-0.15, -0.1) is 0 Å². The predicted octanol–water partition coefficient (Wildman–Crippen LogP) is 5.01. The van der Waals surface area contributed by atoms with Gasteiger partial charge >= 0.3 is 0 Å². The molecule has 0 spiro atoms. The Kier molecular flexibility index (Phi) is 9.89. The molecule has 0 saturated carbocycles. The molecular formula is C15H27N. The molecule has 0 unspecified atom stereocenters. The highest BCUT2D eigenvalue weighted by molar-refractivity contribution is 5.44. The topological polar surface area (TPSA) is 12.0 Å². The first-order valence-electron chi connectivity index (χ1n) is 6.63. The Morgan fingerprint density at radius 1 is 0.938 bits per heavy atom. The number of aryl methyl sites for hydroxylation is 1. The summed E-state index contributed by atoms with van der Waals surface area (Å²) in [5.41, 5.74) is 2.56. The Hall–Kier alpha value is -0.980. The molecule has 1 N–H and O–H groups in total. The van der Waals surface area contributed by atoms with Crippen molar-refractivity contribution in [1.29, 1.82) is 0 Å². The van der Waals surface area contributed by atoms with Gasteiger partial charge in [0.25, 0.3) is 0 Å². The van der Waals surface area contributed by atoms with Gasteiger partial charge in [-0.2, -0.15) is 0 Å². The average molecular weight is 221 g/mol. The van der Waals surface area contributed by atoms with Gasteiger partial charge < -0.3 is 5.32 Å². The van der Waals surface area contributed by atoms with Crippen LogP contribution in [0, 0.1) is 6.92 Å². The summed E-state index contributed by atoms with van der Waals surface area (Å²) in [6.07, 6.45) is 5.29. The molecular weight excluding hydrogens is 194 g/mol. The van der Waals surface area contributed by atoms with Crippen molar-refractivity contribution in [3.05, 3.63) is 29.8 Å². The molecule has 1 heteroatoms. The van der Waals surface area contributed by atoms with Crippen LogP contribution in [0.15, 0.2) is 24.3 Å². The second-order valence-corrected chi connectivity index (χ2v) is 3.85. The zero-order valence-electron chi connectivity index (χ0n) is 11.3. The van der Waals surface area contributed by atoms with Crippen LogP contribution in [0.5, 0.6) is 0 Å². The van der Waals surface area contributed by atoms with E-state index in [1.165, 1.54) is 36.9 Å². The van der Waals surface area contributed by atoms with Crippen molar-refractivity contribution in [2.45, 2.75) is 53.4 Å². The first-order valence-corrected chi connectivity index (χ1v) is 6.63. The van der Waals surface area contributed by atoms with Gasteiger partial charge in [-0.25, -0.2) is 0 Å². The molecule has 0 aliphatic heterocycles. The third-order valence-electron chi connectivity index (χ3n) is 2.41. The Balaban J connectivity index is 0.00000106. The molecule has 1 nitrogen and oxygen atoms in total. The normalized spacial score (nSPS) is 9.25. The van der Waals surface area contributed by atoms with Gasteiger partial charge in [-0.05, 0) is 25.5 Å². The van der Waals surface area contributed by atoms with Crippen LogP contribution in [0.3, 0.4) is 0 Å². The highest BCUT2D eigenvalue weighted by Gasteiger charge is 1.91. The maximum Gasteiger partial charge on any atom is 0.0340 e. The second-order valence-electron chi connectivity index (χ2n) is 3.85. The maximum atomic E-state index is 3.43. The molecule has 0 amide bonds. The number of hydrogen-bond donors (Lipinski definition) is 1. The Bertz CT molecular complexity index is 238. The Labute approximate surface area is 101 Å². The van der Waals surface area contributed by atoms with E-state index in [-0.39, 0.29) is 0 Å². The van der Waals surface area contributed by atoms with Gasteiger partial charge in [0.2, 0.25) is 0 Å². The van der Waals surface area contributed by atoms with Crippen LogP contribution in [0.2, 0.25) is 0 Å². The van der Waals surface area contributed by atoms with Gasteiger partial charge in [-0.1, -0.05) is 57.7 Å². The van der Waals surface area contributed by atoms with Crippen LogP contribution in [0.4, 0.5) is 5.69 Å². The van der Waals surface area contributed by atoms with Gasteiger partial charge in [0, 0.05) is 12.2 Å². The van der Waals surface area contributed by atoms with E-state index >= 15 is 0 Å².